The molecular formula is C23H28Cl2FN3O4S. The first-order valence-electron chi connectivity index (χ1n) is 10.4. The van der Waals surface area contributed by atoms with Gasteiger partial charge in [-0.15, -0.1) is 0 Å². The molecular weight excluding hydrogens is 504 g/mol. The zero-order chi connectivity index (χ0) is 25.8. The summed E-state index contributed by atoms with van der Waals surface area (Å²) in [5.41, 5.74) is -0.328. The largest absolute Gasteiger partial charge is 0.350 e. The Morgan fingerprint density at radius 1 is 1.12 bits per heavy atom. The lowest BCUT2D eigenvalue weighted by Gasteiger charge is -2.33. The Kier molecular flexibility index (Phi) is 8.96. The molecule has 0 radical (unpaired) electrons. The highest BCUT2D eigenvalue weighted by Crippen LogP contribution is 2.25. The van der Waals surface area contributed by atoms with Gasteiger partial charge in [0.15, 0.2) is 0 Å². The molecule has 0 saturated carbocycles. The Bertz CT molecular complexity index is 1170. The van der Waals surface area contributed by atoms with Crippen LogP contribution in [0.2, 0.25) is 10.0 Å². The van der Waals surface area contributed by atoms with Crippen LogP contribution in [0.5, 0.6) is 0 Å². The second kappa shape index (κ2) is 10.9. The molecule has 0 aliphatic rings. The van der Waals surface area contributed by atoms with E-state index in [4.69, 9.17) is 23.2 Å². The molecule has 34 heavy (non-hydrogen) atoms. The van der Waals surface area contributed by atoms with Crippen molar-refractivity contribution >= 4 is 50.7 Å². The van der Waals surface area contributed by atoms with Gasteiger partial charge in [-0.25, -0.2) is 12.8 Å². The summed E-state index contributed by atoms with van der Waals surface area (Å²) in [5.74, 6) is -1.95. The SMILES string of the molecule is C[C@@H](C(=O)NC(C)(C)C)N(Cc1ccc(Cl)cc1Cl)C(=O)CN(c1ccccc1F)S(C)(=O)=O. The molecule has 0 saturated heterocycles. The Labute approximate surface area is 209 Å². The van der Waals surface area contributed by atoms with Gasteiger partial charge in [-0.3, -0.25) is 13.9 Å². The lowest BCUT2D eigenvalue weighted by atomic mass is 10.1. The molecule has 2 amide bonds. The summed E-state index contributed by atoms with van der Waals surface area (Å²) in [6.07, 6.45) is 0.878. The normalized spacial score (nSPS) is 12.7. The van der Waals surface area contributed by atoms with E-state index >= 15 is 0 Å². The van der Waals surface area contributed by atoms with Gasteiger partial charge in [-0.2, -0.15) is 0 Å². The third kappa shape index (κ3) is 7.58. The van der Waals surface area contributed by atoms with E-state index in [0.717, 1.165) is 12.3 Å². The van der Waals surface area contributed by atoms with Crippen LogP contribution in [-0.2, 0) is 26.2 Å². The van der Waals surface area contributed by atoms with E-state index < -0.39 is 45.8 Å². The molecule has 0 aliphatic heterocycles. The van der Waals surface area contributed by atoms with Gasteiger partial charge in [-0.05, 0) is 57.5 Å². The number of rotatable bonds is 8. The molecule has 0 bridgehead atoms. The summed E-state index contributed by atoms with van der Waals surface area (Å²) >= 11 is 12.3. The third-order valence-electron chi connectivity index (χ3n) is 4.82. The first kappa shape index (κ1) is 27.9. The van der Waals surface area contributed by atoms with Gasteiger partial charge in [0.2, 0.25) is 21.8 Å². The molecule has 7 nitrogen and oxygen atoms in total. The topological polar surface area (TPSA) is 86.8 Å². The minimum Gasteiger partial charge on any atom is -0.350 e. The highest BCUT2D eigenvalue weighted by Gasteiger charge is 2.32. The number of carbonyl (C=O) groups is 2. The Morgan fingerprint density at radius 2 is 1.74 bits per heavy atom. The van der Waals surface area contributed by atoms with E-state index in [1.165, 1.54) is 36.1 Å². The van der Waals surface area contributed by atoms with Crippen LogP contribution < -0.4 is 9.62 Å². The number of sulfonamides is 1. The Balaban J connectivity index is 2.46. The van der Waals surface area contributed by atoms with Gasteiger partial charge in [0.05, 0.1) is 11.9 Å². The van der Waals surface area contributed by atoms with E-state index in [1.54, 1.807) is 32.9 Å². The lowest BCUT2D eigenvalue weighted by molar-refractivity contribution is -0.140. The monoisotopic (exact) mass is 531 g/mol. The molecule has 0 aromatic heterocycles. The Morgan fingerprint density at radius 3 is 2.26 bits per heavy atom. The molecule has 0 fully saturated rings. The number of anilines is 1. The minimum atomic E-state index is -4.03. The molecule has 0 spiro atoms. The summed E-state index contributed by atoms with van der Waals surface area (Å²) in [6, 6.07) is 8.96. The predicted octanol–water partition coefficient (Wildman–Crippen LogP) is 4.23. The van der Waals surface area contributed by atoms with E-state index in [-0.39, 0.29) is 17.3 Å². The summed E-state index contributed by atoms with van der Waals surface area (Å²) in [5, 5.41) is 3.49. The summed E-state index contributed by atoms with van der Waals surface area (Å²) in [4.78, 5) is 27.5. The van der Waals surface area contributed by atoms with Crippen molar-refractivity contribution in [2.45, 2.75) is 45.8 Å². The standard InChI is InChI=1S/C23H28Cl2FN3O4S/c1-15(22(31)27-23(2,3)4)28(13-16-10-11-17(24)12-18(16)25)21(30)14-29(34(5,32)33)20-9-7-6-8-19(20)26/h6-12,15H,13-14H2,1-5H3,(H,27,31)/t15-/m0/s1. The maximum Gasteiger partial charge on any atom is 0.244 e. The maximum atomic E-state index is 14.4. The first-order valence-corrected chi connectivity index (χ1v) is 13.0. The van der Waals surface area contributed by atoms with Crippen LogP contribution >= 0.6 is 23.2 Å². The summed E-state index contributed by atoms with van der Waals surface area (Å²) < 4.78 is 40.0. The number of hydrogen-bond donors (Lipinski definition) is 1. The fourth-order valence-electron chi connectivity index (χ4n) is 3.14. The number of nitrogens with zero attached hydrogens (tertiary/aromatic N) is 2. The van der Waals surface area contributed by atoms with Gasteiger partial charge in [0, 0.05) is 22.1 Å². The zero-order valence-corrected chi connectivity index (χ0v) is 21.9. The Hall–Kier alpha value is -2.36. The molecule has 2 rings (SSSR count). The molecule has 0 heterocycles. The van der Waals surface area contributed by atoms with Crippen molar-refractivity contribution in [3.63, 3.8) is 0 Å². The van der Waals surface area contributed by atoms with Gasteiger partial charge >= 0.3 is 0 Å². The van der Waals surface area contributed by atoms with Crippen LogP contribution in [0.1, 0.15) is 33.3 Å². The van der Waals surface area contributed by atoms with Crippen molar-refractivity contribution in [1.29, 1.82) is 0 Å². The van der Waals surface area contributed by atoms with E-state index in [1.807, 2.05) is 0 Å². The predicted molar refractivity (Wildman–Crippen MR) is 133 cm³/mol. The van der Waals surface area contributed by atoms with Gasteiger partial charge in [0.25, 0.3) is 0 Å². The molecule has 0 aliphatic carbocycles. The van der Waals surface area contributed by atoms with E-state index in [0.29, 0.717) is 14.9 Å². The van der Waals surface area contributed by atoms with Crippen LogP contribution in [-0.4, -0.2) is 49.5 Å². The third-order valence-corrected chi connectivity index (χ3v) is 6.54. The molecule has 0 unspecified atom stereocenters. The van der Waals surface area contributed by atoms with Crippen molar-refractivity contribution in [2.24, 2.45) is 0 Å². The van der Waals surface area contributed by atoms with Gasteiger partial charge < -0.3 is 10.2 Å². The molecule has 2 aromatic rings. The number of halogens is 3. The zero-order valence-electron chi connectivity index (χ0n) is 19.6. The van der Waals surface area contributed by atoms with Gasteiger partial charge in [-0.1, -0.05) is 41.4 Å². The van der Waals surface area contributed by atoms with Crippen molar-refractivity contribution in [3.05, 3.63) is 63.9 Å². The number of benzene rings is 2. The average Bonchev–Trinajstić information content (AvgIpc) is 2.69. The maximum absolute atomic E-state index is 14.4. The molecule has 11 heteroatoms. The number of carbonyl (C=O) groups excluding carboxylic acids is 2. The van der Waals surface area contributed by atoms with Crippen LogP contribution in [0.15, 0.2) is 42.5 Å². The van der Waals surface area contributed by atoms with Crippen molar-refractivity contribution in [1.82, 2.24) is 10.2 Å². The lowest BCUT2D eigenvalue weighted by Crippen LogP contribution is -2.54. The second-order valence-corrected chi connectivity index (χ2v) is 11.6. The fourth-order valence-corrected chi connectivity index (χ4v) is 4.46. The van der Waals surface area contributed by atoms with E-state index in [2.05, 4.69) is 5.32 Å². The highest BCUT2D eigenvalue weighted by atomic mass is 35.5. The molecule has 1 atom stereocenters. The second-order valence-electron chi connectivity index (χ2n) is 8.89. The van der Waals surface area contributed by atoms with Crippen LogP contribution in [0.4, 0.5) is 10.1 Å². The summed E-state index contributed by atoms with van der Waals surface area (Å²) in [6.45, 7) is 6.10. The number of para-hydroxylation sites is 1. The number of hydrogen-bond acceptors (Lipinski definition) is 4. The summed E-state index contributed by atoms with van der Waals surface area (Å²) in [7, 11) is -4.03. The van der Waals surface area contributed by atoms with Crippen LogP contribution in [0.25, 0.3) is 0 Å². The van der Waals surface area contributed by atoms with Crippen LogP contribution in [0.3, 0.4) is 0 Å². The van der Waals surface area contributed by atoms with Crippen LogP contribution in [0, 0.1) is 5.82 Å². The highest BCUT2D eigenvalue weighted by molar-refractivity contribution is 7.92. The fraction of sp³-hybridized carbons (Fsp3) is 0.391. The van der Waals surface area contributed by atoms with Crippen molar-refractivity contribution < 1.29 is 22.4 Å². The van der Waals surface area contributed by atoms with Crippen molar-refractivity contribution in [3.8, 4) is 0 Å². The number of amides is 2. The molecule has 186 valence electrons. The average molecular weight is 532 g/mol. The quantitative estimate of drug-likeness (QED) is 0.552. The van der Waals surface area contributed by atoms with Crippen molar-refractivity contribution in [2.75, 3.05) is 17.1 Å². The molecule has 2 aromatic carbocycles. The first-order chi connectivity index (χ1) is 15.6. The van der Waals surface area contributed by atoms with E-state index in [9.17, 15) is 22.4 Å². The molecule has 1 N–H and O–H groups in total. The number of nitrogens with one attached hydrogen (secondary N) is 1. The smallest absolute Gasteiger partial charge is 0.244 e. The van der Waals surface area contributed by atoms with Gasteiger partial charge in [0.1, 0.15) is 18.4 Å². The minimum absolute atomic E-state index is 0.0948.